The highest BCUT2D eigenvalue weighted by Crippen LogP contribution is 2.27. The van der Waals surface area contributed by atoms with Gasteiger partial charge in [-0.15, -0.1) is 0 Å². The highest BCUT2D eigenvalue weighted by molar-refractivity contribution is 5.39. The van der Waals surface area contributed by atoms with Crippen molar-refractivity contribution >= 4 is 5.69 Å². The van der Waals surface area contributed by atoms with Crippen LogP contribution >= 0.6 is 0 Å². The Balaban J connectivity index is 1.88. The Morgan fingerprint density at radius 3 is 2.73 bits per heavy atom. The van der Waals surface area contributed by atoms with Crippen molar-refractivity contribution in [3.63, 3.8) is 0 Å². The molecule has 0 bridgehead atoms. The Hall–Kier alpha value is -0.990. The van der Waals surface area contributed by atoms with E-state index in [9.17, 15) is 0 Å². The Kier molecular flexibility index (Phi) is 3.29. The molecule has 1 N–H and O–H groups in total. The number of aromatic nitrogens is 2. The normalized spacial score (nSPS) is 20.1. The van der Waals surface area contributed by atoms with E-state index in [-0.39, 0.29) is 0 Å². The first kappa shape index (κ1) is 10.5. The van der Waals surface area contributed by atoms with Gasteiger partial charge < -0.3 is 5.32 Å². The van der Waals surface area contributed by atoms with Gasteiger partial charge in [0.25, 0.3) is 0 Å². The minimum Gasteiger partial charge on any atom is -0.380 e. The highest BCUT2D eigenvalue weighted by atomic mass is 15.3. The molecule has 2 rings (SSSR count). The number of anilines is 1. The number of hydrogen-bond donors (Lipinski definition) is 1. The first-order valence-corrected chi connectivity index (χ1v) is 6.01. The van der Waals surface area contributed by atoms with Gasteiger partial charge in [-0.2, -0.15) is 5.10 Å². The van der Waals surface area contributed by atoms with Crippen molar-refractivity contribution in [1.82, 2.24) is 9.78 Å². The van der Waals surface area contributed by atoms with Gasteiger partial charge in [-0.25, -0.2) is 0 Å². The average Bonchev–Trinajstić information content (AvgIpc) is 2.65. The van der Waals surface area contributed by atoms with Crippen LogP contribution in [0.3, 0.4) is 0 Å². The molecule has 1 aromatic heterocycles. The van der Waals surface area contributed by atoms with E-state index < -0.39 is 0 Å². The summed E-state index contributed by atoms with van der Waals surface area (Å²) in [6, 6.07) is 0.578. The summed E-state index contributed by atoms with van der Waals surface area (Å²) < 4.78 is 1.84. The predicted molar refractivity (Wildman–Crippen MR) is 62.9 cm³/mol. The first-order valence-electron chi connectivity index (χ1n) is 6.01. The van der Waals surface area contributed by atoms with Gasteiger partial charge in [-0.1, -0.05) is 19.3 Å². The lowest BCUT2D eigenvalue weighted by molar-refractivity contribution is 0.328. The molecule has 1 atom stereocenters. The molecule has 0 amide bonds. The quantitative estimate of drug-likeness (QED) is 0.826. The summed E-state index contributed by atoms with van der Waals surface area (Å²) in [6.07, 6.45) is 10.9. The van der Waals surface area contributed by atoms with Crippen LogP contribution in [-0.2, 0) is 7.05 Å². The van der Waals surface area contributed by atoms with Crippen LogP contribution in [0.4, 0.5) is 5.69 Å². The fraction of sp³-hybridized carbons (Fsp3) is 0.750. The zero-order chi connectivity index (χ0) is 10.7. The Morgan fingerprint density at radius 1 is 1.40 bits per heavy atom. The fourth-order valence-electron chi connectivity index (χ4n) is 2.51. The average molecular weight is 207 g/mol. The van der Waals surface area contributed by atoms with E-state index >= 15 is 0 Å². The van der Waals surface area contributed by atoms with Crippen molar-refractivity contribution in [2.45, 2.75) is 45.1 Å². The standard InChI is InChI=1S/C12H21N3/c1-10(11-6-4-3-5-7-11)14-12-8-13-15(2)9-12/h8-11,14H,3-7H2,1-2H3/t10-/m0/s1. The number of rotatable bonds is 3. The largest absolute Gasteiger partial charge is 0.380 e. The van der Waals surface area contributed by atoms with Gasteiger partial charge in [0, 0.05) is 19.3 Å². The third kappa shape index (κ3) is 2.74. The maximum Gasteiger partial charge on any atom is 0.0728 e. The molecule has 84 valence electrons. The summed E-state index contributed by atoms with van der Waals surface area (Å²) in [5.74, 6) is 0.846. The molecular formula is C12H21N3. The minimum absolute atomic E-state index is 0.578. The van der Waals surface area contributed by atoms with Crippen molar-refractivity contribution in [1.29, 1.82) is 0 Å². The van der Waals surface area contributed by atoms with Crippen molar-refractivity contribution < 1.29 is 0 Å². The van der Waals surface area contributed by atoms with E-state index in [0.717, 1.165) is 11.6 Å². The molecule has 0 unspecified atom stereocenters. The van der Waals surface area contributed by atoms with Crippen LogP contribution in [-0.4, -0.2) is 15.8 Å². The SMILES string of the molecule is C[C@H](Nc1cnn(C)c1)C1CCCCC1. The molecule has 0 spiro atoms. The van der Waals surface area contributed by atoms with Gasteiger partial charge in [0.2, 0.25) is 0 Å². The summed E-state index contributed by atoms with van der Waals surface area (Å²) in [4.78, 5) is 0. The Morgan fingerprint density at radius 2 is 2.13 bits per heavy atom. The second-order valence-corrected chi connectivity index (χ2v) is 4.73. The monoisotopic (exact) mass is 207 g/mol. The topological polar surface area (TPSA) is 29.9 Å². The van der Waals surface area contributed by atoms with Crippen LogP contribution in [0.2, 0.25) is 0 Å². The summed E-state index contributed by atoms with van der Waals surface area (Å²) >= 11 is 0. The van der Waals surface area contributed by atoms with Crippen molar-refractivity contribution in [3.05, 3.63) is 12.4 Å². The Bertz CT molecular complexity index is 300. The van der Waals surface area contributed by atoms with Crippen molar-refractivity contribution in [3.8, 4) is 0 Å². The summed E-state index contributed by atoms with van der Waals surface area (Å²) in [5, 5.41) is 7.72. The van der Waals surface area contributed by atoms with Crippen LogP contribution < -0.4 is 5.32 Å². The summed E-state index contributed by atoms with van der Waals surface area (Å²) in [5.41, 5.74) is 1.15. The molecule has 0 radical (unpaired) electrons. The number of hydrogen-bond acceptors (Lipinski definition) is 2. The van der Waals surface area contributed by atoms with Gasteiger partial charge in [-0.05, 0) is 25.7 Å². The number of nitrogens with zero attached hydrogens (tertiary/aromatic N) is 2. The molecule has 0 saturated heterocycles. The van der Waals surface area contributed by atoms with E-state index in [2.05, 4.69) is 17.3 Å². The van der Waals surface area contributed by atoms with Crippen LogP contribution in [0.25, 0.3) is 0 Å². The lowest BCUT2D eigenvalue weighted by Gasteiger charge is -2.28. The maximum absolute atomic E-state index is 4.17. The molecule has 0 aromatic carbocycles. The molecule has 15 heavy (non-hydrogen) atoms. The van der Waals surface area contributed by atoms with Gasteiger partial charge in [0.15, 0.2) is 0 Å². The van der Waals surface area contributed by atoms with Crippen LogP contribution in [0, 0.1) is 5.92 Å². The third-order valence-corrected chi connectivity index (χ3v) is 3.46. The first-order chi connectivity index (χ1) is 7.25. The zero-order valence-electron chi connectivity index (χ0n) is 9.74. The minimum atomic E-state index is 0.578. The zero-order valence-corrected chi connectivity index (χ0v) is 9.74. The van der Waals surface area contributed by atoms with E-state index in [0.29, 0.717) is 6.04 Å². The second kappa shape index (κ2) is 4.69. The van der Waals surface area contributed by atoms with E-state index in [4.69, 9.17) is 0 Å². The molecule has 1 saturated carbocycles. The highest BCUT2D eigenvalue weighted by Gasteiger charge is 2.19. The molecule has 1 aromatic rings. The molecule has 3 heteroatoms. The number of nitrogens with one attached hydrogen (secondary N) is 1. The smallest absolute Gasteiger partial charge is 0.0728 e. The van der Waals surface area contributed by atoms with Crippen LogP contribution in [0.15, 0.2) is 12.4 Å². The van der Waals surface area contributed by atoms with Crippen molar-refractivity contribution in [2.24, 2.45) is 13.0 Å². The van der Waals surface area contributed by atoms with Crippen LogP contribution in [0.5, 0.6) is 0 Å². The van der Waals surface area contributed by atoms with Gasteiger partial charge >= 0.3 is 0 Å². The third-order valence-electron chi connectivity index (χ3n) is 3.46. The summed E-state index contributed by atoms with van der Waals surface area (Å²) in [7, 11) is 1.95. The molecule has 1 fully saturated rings. The molecule has 1 aliphatic carbocycles. The number of aryl methyl sites for hydroxylation is 1. The second-order valence-electron chi connectivity index (χ2n) is 4.73. The fourth-order valence-corrected chi connectivity index (χ4v) is 2.51. The molecule has 1 aliphatic rings. The van der Waals surface area contributed by atoms with Gasteiger partial charge in [0.1, 0.15) is 0 Å². The van der Waals surface area contributed by atoms with E-state index in [1.54, 1.807) is 0 Å². The Labute approximate surface area is 91.9 Å². The lowest BCUT2D eigenvalue weighted by Crippen LogP contribution is -2.27. The van der Waals surface area contributed by atoms with E-state index in [1.807, 2.05) is 24.1 Å². The molecule has 0 aliphatic heterocycles. The van der Waals surface area contributed by atoms with Crippen LogP contribution in [0.1, 0.15) is 39.0 Å². The molecule has 3 nitrogen and oxygen atoms in total. The predicted octanol–water partition coefficient (Wildman–Crippen LogP) is 2.80. The van der Waals surface area contributed by atoms with Gasteiger partial charge in [-0.3, -0.25) is 4.68 Å². The molecule has 1 heterocycles. The molecular weight excluding hydrogens is 186 g/mol. The summed E-state index contributed by atoms with van der Waals surface area (Å²) in [6.45, 7) is 2.29. The van der Waals surface area contributed by atoms with Gasteiger partial charge in [0.05, 0.1) is 11.9 Å². The maximum atomic E-state index is 4.17. The van der Waals surface area contributed by atoms with E-state index in [1.165, 1.54) is 32.1 Å². The van der Waals surface area contributed by atoms with Crippen molar-refractivity contribution in [2.75, 3.05) is 5.32 Å². The lowest BCUT2D eigenvalue weighted by atomic mass is 9.84.